The van der Waals surface area contributed by atoms with E-state index in [1.807, 2.05) is 32.0 Å². The van der Waals surface area contributed by atoms with Crippen molar-refractivity contribution in [3.8, 4) is 5.75 Å². The zero-order valence-corrected chi connectivity index (χ0v) is 18.6. The molecule has 0 aliphatic heterocycles. The largest absolute Gasteiger partial charge is 0.481 e. The minimum Gasteiger partial charge on any atom is -0.481 e. The molecule has 1 amide bonds. The number of rotatable bonds is 8. The molecule has 170 valence electrons. The van der Waals surface area contributed by atoms with Gasteiger partial charge in [-0.25, -0.2) is 0 Å². The van der Waals surface area contributed by atoms with E-state index in [4.69, 9.17) is 4.74 Å². The molecule has 32 heavy (non-hydrogen) atoms. The molecule has 1 N–H and O–H groups in total. The van der Waals surface area contributed by atoms with E-state index in [1.165, 1.54) is 19.2 Å². The number of carbonyl (C=O) groups is 1. The highest BCUT2D eigenvalue weighted by Gasteiger charge is 2.34. The van der Waals surface area contributed by atoms with E-state index in [1.54, 1.807) is 0 Å². The Morgan fingerprint density at radius 3 is 2.62 bits per heavy atom. The highest BCUT2D eigenvalue weighted by atomic mass is 32.1. The van der Waals surface area contributed by atoms with Crippen molar-refractivity contribution in [2.24, 2.45) is 10.9 Å². The van der Waals surface area contributed by atoms with Crippen LogP contribution < -0.4 is 10.1 Å². The Morgan fingerprint density at radius 1 is 1.19 bits per heavy atom. The molecule has 10 heteroatoms. The average molecular weight is 465 g/mol. The van der Waals surface area contributed by atoms with E-state index < -0.39 is 23.8 Å². The maximum absolute atomic E-state index is 13.4. The van der Waals surface area contributed by atoms with Crippen molar-refractivity contribution in [2.45, 2.75) is 39.1 Å². The number of aliphatic imine (C=N–C) groups is 1. The molecule has 0 fully saturated rings. The van der Waals surface area contributed by atoms with E-state index >= 15 is 0 Å². The number of carbonyl (C=O) groups excluding carboxylic acids is 1. The van der Waals surface area contributed by atoms with Crippen molar-refractivity contribution < 1.29 is 22.7 Å². The van der Waals surface area contributed by atoms with E-state index in [0.717, 1.165) is 40.6 Å². The fourth-order valence-electron chi connectivity index (χ4n) is 3.15. The quantitative estimate of drug-likeness (QED) is 0.483. The summed E-state index contributed by atoms with van der Waals surface area (Å²) in [5.41, 5.74) is 1.43. The molecule has 3 rings (SSSR count). The van der Waals surface area contributed by atoms with Gasteiger partial charge in [0.25, 0.3) is 5.91 Å². The first-order valence-electron chi connectivity index (χ1n) is 9.96. The number of benzene rings is 2. The number of halogens is 3. The van der Waals surface area contributed by atoms with Crippen LogP contribution in [0.3, 0.4) is 0 Å². The lowest BCUT2D eigenvalue weighted by molar-refractivity contribution is -0.137. The second-order valence-corrected chi connectivity index (χ2v) is 8.20. The standard InChI is InChI=1S/C22H23F3N4O2S/c1-13(2)8-20(21(30)27-11-14-4-7-18-19(9-14)29-32-28-18)31-16-6-5-15(12-26-3)17(10-16)22(23,24)25/h4-7,9-10,12-13,20H,8,11H2,1-3H3,(H,27,30). The number of amides is 1. The zero-order chi connectivity index (χ0) is 23.3. The van der Waals surface area contributed by atoms with Crippen LogP contribution in [0.5, 0.6) is 5.75 Å². The van der Waals surface area contributed by atoms with E-state index in [0.29, 0.717) is 6.42 Å². The van der Waals surface area contributed by atoms with Gasteiger partial charge >= 0.3 is 6.18 Å². The predicted octanol–water partition coefficient (Wildman–Crippen LogP) is 4.87. The number of nitrogens with zero attached hydrogens (tertiary/aromatic N) is 3. The third-order valence-electron chi connectivity index (χ3n) is 4.64. The zero-order valence-electron chi connectivity index (χ0n) is 17.8. The van der Waals surface area contributed by atoms with Crippen LogP contribution in [0.25, 0.3) is 11.0 Å². The number of aromatic nitrogens is 2. The summed E-state index contributed by atoms with van der Waals surface area (Å²) in [7, 11) is 1.40. The normalized spacial score (nSPS) is 13.1. The van der Waals surface area contributed by atoms with Crippen LogP contribution in [0.15, 0.2) is 41.4 Å². The monoisotopic (exact) mass is 464 g/mol. The van der Waals surface area contributed by atoms with Gasteiger partial charge in [-0.2, -0.15) is 21.9 Å². The van der Waals surface area contributed by atoms with Gasteiger partial charge in [0.2, 0.25) is 0 Å². The number of fused-ring (bicyclic) bond motifs is 1. The summed E-state index contributed by atoms with van der Waals surface area (Å²) in [5.74, 6) is -0.332. The van der Waals surface area contributed by atoms with Gasteiger partial charge in [0, 0.05) is 25.4 Å². The van der Waals surface area contributed by atoms with Crippen LogP contribution >= 0.6 is 11.7 Å². The summed E-state index contributed by atoms with van der Waals surface area (Å²) < 4.78 is 54.4. The van der Waals surface area contributed by atoms with Crippen LogP contribution in [-0.4, -0.2) is 34.0 Å². The first kappa shape index (κ1) is 23.6. The highest BCUT2D eigenvalue weighted by Crippen LogP contribution is 2.34. The minimum absolute atomic E-state index is 0.0265. The summed E-state index contributed by atoms with van der Waals surface area (Å²) >= 11 is 1.11. The maximum Gasteiger partial charge on any atom is 0.417 e. The van der Waals surface area contributed by atoms with Crippen molar-refractivity contribution in [3.63, 3.8) is 0 Å². The molecule has 0 radical (unpaired) electrons. The van der Waals surface area contributed by atoms with E-state index in [-0.39, 0.29) is 23.8 Å². The molecular weight excluding hydrogens is 441 g/mol. The molecule has 1 heterocycles. The summed E-state index contributed by atoms with van der Waals surface area (Å²) in [5, 5.41) is 2.81. The topological polar surface area (TPSA) is 76.5 Å². The van der Waals surface area contributed by atoms with Crippen LogP contribution in [-0.2, 0) is 17.5 Å². The number of nitrogens with one attached hydrogen (secondary N) is 1. The molecule has 2 aromatic carbocycles. The second-order valence-electron chi connectivity index (χ2n) is 7.68. The van der Waals surface area contributed by atoms with Crippen molar-refractivity contribution in [3.05, 3.63) is 53.1 Å². The SMILES string of the molecule is CN=Cc1ccc(OC(CC(C)C)C(=O)NCc2ccc3nsnc3c2)cc1C(F)(F)F. The lowest BCUT2D eigenvalue weighted by atomic mass is 10.0. The van der Waals surface area contributed by atoms with Gasteiger partial charge in [0.15, 0.2) is 6.10 Å². The number of ether oxygens (including phenoxy) is 1. The third-order valence-corrected chi connectivity index (χ3v) is 5.20. The van der Waals surface area contributed by atoms with E-state index in [9.17, 15) is 18.0 Å². The molecule has 0 spiro atoms. The molecule has 0 saturated carbocycles. The van der Waals surface area contributed by atoms with Gasteiger partial charge in [-0.3, -0.25) is 9.79 Å². The van der Waals surface area contributed by atoms with Crippen LogP contribution in [0.1, 0.15) is 37.0 Å². The maximum atomic E-state index is 13.4. The molecule has 0 bridgehead atoms. The summed E-state index contributed by atoms with van der Waals surface area (Å²) in [4.78, 5) is 16.5. The number of hydrogen-bond donors (Lipinski definition) is 1. The van der Waals surface area contributed by atoms with Gasteiger partial charge in [-0.05, 0) is 48.2 Å². The summed E-state index contributed by atoms with van der Waals surface area (Å²) in [6.07, 6.45) is -4.03. The Labute approximate surface area is 187 Å². The Kier molecular flexibility index (Phi) is 7.44. The summed E-state index contributed by atoms with van der Waals surface area (Å²) in [6.45, 7) is 4.06. The molecular formula is C22H23F3N4O2S. The van der Waals surface area contributed by atoms with Gasteiger partial charge in [0.1, 0.15) is 16.8 Å². The minimum atomic E-state index is -4.57. The third kappa shape index (κ3) is 6.03. The highest BCUT2D eigenvalue weighted by molar-refractivity contribution is 7.00. The molecule has 6 nitrogen and oxygen atoms in total. The second kappa shape index (κ2) is 10.1. The van der Waals surface area contributed by atoms with E-state index in [2.05, 4.69) is 19.1 Å². The fraction of sp³-hybridized carbons (Fsp3) is 0.364. The van der Waals surface area contributed by atoms with Crippen molar-refractivity contribution in [1.82, 2.24) is 14.1 Å². The van der Waals surface area contributed by atoms with Crippen LogP contribution in [0.4, 0.5) is 13.2 Å². The Balaban J connectivity index is 1.76. The van der Waals surface area contributed by atoms with Gasteiger partial charge in [0.05, 0.1) is 17.3 Å². The lowest BCUT2D eigenvalue weighted by Crippen LogP contribution is -2.39. The Morgan fingerprint density at radius 2 is 1.94 bits per heavy atom. The smallest absolute Gasteiger partial charge is 0.417 e. The first-order valence-corrected chi connectivity index (χ1v) is 10.7. The predicted molar refractivity (Wildman–Crippen MR) is 118 cm³/mol. The van der Waals surface area contributed by atoms with Crippen molar-refractivity contribution >= 4 is 34.9 Å². The average Bonchev–Trinajstić information content (AvgIpc) is 3.19. The fourth-order valence-corrected chi connectivity index (χ4v) is 3.66. The number of hydrogen-bond acceptors (Lipinski definition) is 6. The Hall–Kier alpha value is -3.01. The molecule has 3 aromatic rings. The molecule has 0 aliphatic carbocycles. The lowest BCUT2D eigenvalue weighted by Gasteiger charge is -2.21. The van der Waals surface area contributed by atoms with Gasteiger partial charge in [-0.1, -0.05) is 19.9 Å². The van der Waals surface area contributed by atoms with Gasteiger partial charge in [-0.15, -0.1) is 0 Å². The molecule has 0 saturated heterocycles. The summed E-state index contributed by atoms with van der Waals surface area (Å²) in [6, 6.07) is 9.10. The molecule has 1 unspecified atom stereocenters. The number of alkyl halides is 3. The van der Waals surface area contributed by atoms with Crippen LogP contribution in [0.2, 0.25) is 0 Å². The Bertz CT molecular complexity index is 1110. The molecule has 0 aliphatic rings. The van der Waals surface area contributed by atoms with Crippen LogP contribution in [0, 0.1) is 5.92 Å². The van der Waals surface area contributed by atoms with Gasteiger partial charge < -0.3 is 10.1 Å². The van der Waals surface area contributed by atoms with Crippen molar-refractivity contribution in [2.75, 3.05) is 7.05 Å². The van der Waals surface area contributed by atoms with Crippen molar-refractivity contribution in [1.29, 1.82) is 0 Å². The first-order chi connectivity index (χ1) is 15.2. The molecule has 1 atom stereocenters. The molecule has 1 aromatic heterocycles.